The van der Waals surface area contributed by atoms with Crippen molar-refractivity contribution in [3.8, 4) is 0 Å². The number of rotatable bonds is 1. The molecular weight excluding hydrogens is 360 g/mol. The fraction of sp³-hybridized carbons (Fsp3) is 0.583. The molecule has 1 aromatic rings. The standard InChI is InChI=1S/C12H16Br2N4/c1-17-2-4-18(5-3-17)11-6-10-9(7-15-11)8-16-12(10,13)14/h6-7,16H,2-5,8H2,1H3. The highest BCUT2D eigenvalue weighted by Gasteiger charge is 2.34. The van der Waals surface area contributed by atoms with Gasteiger partial charge in [-0.2, -0.15) is 0 Å². The van der Waals surface area contributed by atoms with Gasteiger partial charge in [0, 0.05) is 44.5 Å². The van der Waals surface area contributed by atoms with Gasteiger partial charge in [0.25, 0.3) is 0 Å². The fourth-order valence-electron chi connectivity index (χ4n) is 2.42. The Balaban J connectivity index is 1.86. The first-order valence-electron chi connectivity index (χ1n) is 6.12. The minimum atomic E-state index is -0.292. The first-order valence-corrected chi connectivity index (χ1v) is 7.70. The maximum atomic E-state index is 4.59. The van der Waals surface area contributed by atoms with Crippen LogP contribution in [0.25, 0.3) is 0 Å². The summed E-state index contributed by atoms with van der Waals surface area (Å²) in [6.07, 6.45) is 1.99. The third kappa shape index (κ3) is 2.31. The molecule has 0 saturated carbocycles. The highest BCUT2D eigenvalue weighted by molar-refractivity contribution is 9.24. The number of nitrogens with one attached hydrogen (secondary N) is 1. The van der Waals surface area contributed by atoms with Crippen LogP contribution < -0.4 is 10.2 Å². The van der Waals surface area contributed by atoms with E-state index >= 15 is 0 Å². The molecule has 3 heterocycles. The third-order valence-corrected chi connectivity index (χ3v) is 5.05. The molecule has 3 rings (SSSR count). The van der Waals surface area contributed by atoms with Crippen LogP contribution in [-0.2, 0) is 9.90 Å². The predicted molar refractivity (Wildman–Crippen MR) is 80.3 cm³/mol. The normalized spacial score (nSPS) is 23.2. The Morgan fingerprint density at radius 3 is 2.72 bits per heavy atom. The molecule has 4 nitrogen and oxygen atoms in total. The zero-order valence-corrected chi connectivity index (χ0v) is 13.5. The molecule has 0 aliphatic carbocycles. The van der Waals surface area contributed by atoms with Crippen molar-refractivity contribution in [1.82, 2.24) is 15.2 Å². The minimum Gasteiger partial charge on any atom is -0.354 e. The zero-order chi connectivity index (χ0) is 12.8. The molecule has 0 atom stereocenters. The largest absolute Gasteiger partial charge is 0.354 e. The maximum absolute atomic E-state index is 4.59. The van der Waals surface area contributed by atoms with E-state index in [2.05, 4.69) is 65.1 Å². The van der Waals surface area contributed by atoms with E-state index in [-0.39, 0.29) is 3.36 Å². The van der Waals surface area contributed by atoms with Crippen molar-refractivity contribution < 1.29 is 0 Å². The van der Waals surface area contributed by atoms with Crippen LogP contribution in [0.15, 0.2) is 12.3 Å². The van der Waals surface area contributed by atoms with Gasteiger partial charge in [0.15, 0.2) is 3.36 Å². The van der Waals surface area contributed by atoms with Gasteiger partial charge in [-0.05, 0) is 50.5 Å². The van der Waals surface area contributed by atoms with E-state index < -0.39 is 0 Å². The van der Waals surface area contributed by atoms with Crippen LogP contribution in [0.2, 0.25) is 0 Å². The maximum Gasteiger partial charge on any atom is 0.156 e. The first kappa shape index (κ1) is 12.8. The molecule has 0 spiro atoms. The molecule has 0 bridgehead atoms. The van der Waals surface area contributed by atoms with Crippen molar-refractivity contribution in [1.29, 1.82) is 0 Å². The van der Waals surface area contributed by atoms with Crippen molar-refractivity contribution in [2.75, 3.05) is 38.1 Å². The van der Waals surface area contributed by atoms with Crippen LogP contribution in [0.1, 0.15) is 11.1 Å². The van der Waals surface area contributed by atoms with E-state index in [4.69, 9.17) is 0 Å². The van der Waals surface area contributed by atoms with E-state index in [9.17, 15) is 0 Å². The molecule has 2 aliphatic rings. The number of piperazine rings is 1. The number of alkyl halides is 2. The number of pyridine rings is 1. The zero-order valence-electron chi connectivity index (χ0n) is 10.3. The summed E-state index contributed by atoms with van der Waals surface area (Å²) in [5.41, 5.74) is 2.49. The summed E-state index contributed by atoms with van der Waals surface area (Å²) >= 11 is 7.32. The first-order chi connectivity index (χ1) is 8.56. The average Bonchev–Trinajstić information content (AvgIpc) is 2.66. The molecule has 0 unspecified atom stereocenters. The molecule has 1 saturated heterocycles. The molecule has 2 aliphatic heterocycles. The summed E-state index contributed by atoms with van der Waals surface area (Å²) in [6.45, 7) is 5.15. The summed E-state index contributed by atoms with van der Waals surface area (Å²) in [6, 6.07) is 2.18. The monoisotopic (exact) mass is 374 g/mol. The number of fused-ring (bicyclic) bond motifs is 1. The Morgan fingerprint density at radius 1 is 1.28 bits per heavy atom. The van der Waals surface area contributed by atoms with E-state index in [1.54, 1.807) is 0 Å². The van der Waals surface area contributed by atoms with Crippen LogP contribution in [0.4, 0.5) is 5.82 Å². The second-order valence-corrected chi connectivity index (χ2v) is 8.36. The number of hydrogen-bond acceptors (Lipinski definition) is 4. The quantitative estimate of drug-likeness (QED) is 0.599. The van der Waals surface area contributed by atoms with Gasteiger partial charge in [-0.1, -0.05) is 0 Å². The average molecular weight is 376 g/mol. The predicted octanol–water partition coefficient (Wildman–Crippen LogP) is 1.84. The van der Waals surface area contributed by atoms with E-state index in [1.165, 1.54) is 11.1 Å². The van der Waals surface area contributed by atoms with Gasteiger partial charge in [0.05, 0.1) is 0 Å². The van der Waals surface area contributed by atoms with E-state index in [0.717, 1.165) is 38.5 Å². The molecule has 0 aromatic carbocycles. The lowest BCUT2D eigenvalue weighted by Crippen LogP contribution is -2.44. The summed E-state index contributed by atoms with van der Waals surface area (Å²) < 4.78 is -0.292. The van der Waals surface area contributed by atoms with Crippen LogP contribution in [0, 0.1) is 0 Å². The molecule has 0 radical (unpaired) electrons. The molecule has 18 heavy (non-hydrogen) atoms. The second-order valence-electron chi connectivity index (χ2n) is 4.92. The molecule has 6 heteroatoms. The molecule has 1 aromatic heterocycles. The summed E-state index contributed by atoms with van der Waals surface area (Å²) in [7, 11) is 2.17. The van der Waals surface area contributed by atoms with E-state index in [1.807, 2.05) is 6.20 Å². The molecule has 98 valence electrons. The van der Waals surface area contributed by atoms with Crippen LogP contribution in [0.5, 0.6) is 0 Å². The lowest BCUT2D eigenvalue weighted by Gasteiger charge is -2.33. The van der Waals surface area contributed by atoms with E-state index in [0.29, 0.717) is 0 Å². The van der Waals surface area contributed by atoms with Crippen molar-refractivity contribution in [3.63, 3.8) is 0 Å². The SMILES string of the molecule is CN1CCN(c2cc3c(cn2)CNC3(Br)Br)CC1. The number of halogens is 2. The number of likely N-dealkylation sites (N-methyl/N-ethyl adjacent to an activating group) is 1. The van der Waals surface area contributed by atoms with Crippen LogP contribution >= 0.6 is 31.9 Å². The van der Waals surface area contributed by atoms with Gasteiger partial charge in [0.2, 0.25) is 0 Å². The van der Waals surface area contributed by atoms with Crippen LogP contribution in [0.3, 0.4) is 0 Å². The number of anilines is 1. The van der Waals surface area contributed by atoms with Crippen molar-refractivity contribution >= 4 is 37.7 Å². The Hall–Kier alpha value is -0.170. The van der Waals surface area contributed by atoms with Crippen molar-refractivity contribution in [2.24, 2.45) is 0 Å². The summed E-state index contributed by atoms with van der Waals surface area (Å²) in [5.74, 6) is 1.08. The van der Waals surface area contributed by atoms with Crippen LogP contribution in [-0.4, -0.2) is 43.1 Å². The number of aromatic nitrogens is 1. The molecule has 1 N–H and O–H groups in total. The summed E-state index contributed by atoms with van der Waals surface area (Å²) in [4.78, 5) is 9.30. The van der Waals surface area contributed by atoms with Gasteiger partial charge < -0.3 is 9.80 Å². The number of hydrogen-bond donors (Lipinski definition) is 1. The highest BCUT2D eigenvalue weighted by Crippen LogP contribution is 2.42. The number of nitrogens with zero attached hydrogens (tertiary/aromatic N) is 3. The minimum absolute atomic E-state index is 0.292. The Morgan fingerprint density at radius 2 is 2.00 bits per heavy atom. The Kier molecular flexibility index (Phi) is 3.38. The lowest BCUT2D eigenvalue weighted by molar-refractivity contribution is 0.312. The van der Waals surface area contributed by atoms with Crippen molar-refractivity contribution in [2.45, 2.75) is 9.90 Å². The smallest absolute Gasteiger partial charge is 0.156 e. The summed E-state index contributed by atoms with van der Waals surface area (Å²) in [5, 5.41) is 3.37. The fourth-order valence-corrected chi connectivity index (χ4v) is 3.43. The van der Waals surface area contributed by atoms with Gasteiger partial charge >= 0.3 is 0 Å². The molecule has 0 amide bonds. The highest BCUT2D eigenvalue weighted by atomic mass is 79.9. The topological polar surface area (TPSA) is 31.4 Å². The van der Waals surface area contributed by atoms with Gasteiger partial charge in [-0.15, -0.1) is 0 Å². The lowest BCUT2D eigenvalue weighted by atomic mass is 10.2. The van der Waals surface area contributed by atoms with Gasteiger partial charge in [-0.25, -0.2) is 4.98 Å². The Bertz CT molecular complexity index is 455. The Labute approximate surface area is 124 Å². The molecular formula is C12H16Br2N4. The third-order valence-electron chi connectivity index (χ3n) is 3.64. The molecule has 1 fully saturated rings. The van der Waals surface area contributed by atoms with Crippen molar-refractivity contribution in [3.05, 3.63) is 23.4 Å². The second kappa shape index (κ2) is 4.74. The van der Waals surface area contributed by atoms with Gasteiger partial charge in [0.1, 0.15) is 5.82 Å². The van der Waals surface area contributed by atoms with Gasteiger partial charge in [-0.3, -0.25) is 5.32 Å².